The summed E-state index contributed by atoms with van der Waals surface area (Å²) in [5, 5.41) is 16.3. The first-order chi connectivity index (χ1) is 9.03. The van der Waals surface area contributed by atoms with Crippen molar-refractivity contribution in [1.82, 2.24) is 10.6 Å². The number of nitriles is 1. The van der Waals surface area contributed by atoms with Crippen LogP contribution in [0, 0.1) is 11.3 Å². The Morgan fingerprint density at radius 3 is 2.53 bits per heavy atom. The molecule has 0 aromatic rings. The van der Waals surface area contributed by atoms with Crippen LogP contribution in [0.3, 0.4) is 0 Å². The minimum Gasteiger partial charge on any atom is -0.354 e. The van der Waals surface area contributed by atoms with Gasteiger partial charge in [-0.05, 0) is 19.8 Å². The average Bonchev–Trinajstić information content (AvgIpc) is 2.45. The molecule has 0 spiro atoms. The highest BCUT2D eigenvalue weighted by Crippen LogP contribution is 2.27. The van der Waals surface area contributed by atoms with Crippen LogP contribution >= 0.6 is 0 Å². The van der Waals surface area contributed by atoms with Crippen molar-refractivity contribution in [2.24, 2.45) is 0 Å². The smallest absolute Gasteiger partial charge is 0.279 e. The van der Waals surface area contributed by atoms with Crippen molar-refractivity contribution in [2.45, 2.75) is 50.6 Å². The average molecular weight is 267 g/mol. The molecule has 19 heavy (non-hydrogen) atoms. The molecule has 1 fully saturated rings. The lowest BCUT2D eigenvalue weighted by molar-refractivity contribution is -0.663. The van der Waals surface area contributed by atoms with Gasteiger partial charge >= 0.3 is 0 Å². The topological polar surface area (TPSA) is 98.6 Å². The van der Waals surface area contributed by atoms with Gasteiger partial charge in [-0.1, -0.05) is 19.3 Å². The van der Waals surface area contributed by atoms with E-state index in [9.17, 15) is 14.9 Å². The summed E-state index contributed by atoms with van der Waals surface area (Å²) >= 11 is 0. The van der Waals surface area contributed by atoms with Gasteiger partial charge in [0, 0.05) is 7.05 Å². The fourth-order valence-electron chi connectivity index (χ4n) is 2.26. The summed E-state index contributed by atoms with van der Waals surface area (Å²) < 4.78 is 0. The van der Waals surface area contributed by atoms with E-state index in [0.29, 0.717) is 0 Å². The van der Waals surface area contributed by atoms with E-state index >= 15 is 0 Å². The fraction of sp³-hybridized carbons (Fsp3) is 0.769. The first kappa shape index (κ1) is 15.4. The zero-order valence-corrected chi connectivity index (χ0v) is 11.7. The maximum atomic E-state index is 12.1. The molecule has 0 heterocycles. The molecule has 6 heteroatoms. The van der Waals surface area contributed by atoms with Gasteiger partial charge in [0.1, 0.15) is 5.54 Å². The Kier molecular flexibility index (Phi) is 5.77. The Balaban J connectivity index is 2.48. The van der Waals surface area contributed by atoms with Gasteiger partial charge in [-0.15, -0.1) is 0 Å². The summed E-state index contributed by atoms with van der Waals surface area (Å²) in [6, 6.07) is 1.88. The van der Waals surface area contributed by atoms with Crippen molar-refractivity contribution in [3.63, 3.8) is 0 Å². The number of quaternary nitrogens is 1. The molecule has 6 nitrogen and oxygen atoms in total. The van der Waals surface area contributed by atoms with Crippen LogP contribution in [0.2, 0.25) is 0 Å². The summed E-state index contributed by atoms with van der Waals surface area (Å²) in [7, 11) is 1.56. The Hall–Kier alpha value is -1.61. The molecule has 0 radical (unpaired) electrons. The Morgan fingerprint density at radius 1 is 1.37 bits per heavy atom. The lowest BCUT2D eigenvalue weighted by Gasteiger charge is -2.32. The minimum absolute atomic E-state index is 0.118. The van der Waals surface area contributed by atoms with Crippen LogP contribution < -0.4 is 16.0 Å². The van der Waals surface area contributed by atoms with E-state index in [-0.39, 0.29) is 24.4 Å². The van der Waals surface area contributed by atoms with E-state index < -0.39 is 5.54 Å². The molecule has 0 aromatic heterocycles. The highest BCUT2D eigenvalue weighted by molar-refractivity contribution is 5.81. The second kappa shape index (κ2) is 7.10. The number of hydrogen-bond donors (Lipinski definition) is 3. The molecule has 0 aromatic carbocycles. The molecule has 0 saturated heterocycles. The van der Waals surface area contributed by atoms with Gasteiger partial charge in [0.05, 0.1) is 6.07 Å². The van der Waals surface area contributed by atoms with Gasteiger partial charge in [-0.25, -0.2) is 0 Å². The number of rotatable bonds is 5. The molecule has 0 aliphatic heterocycles. The highest BCUT2D eigenvalue weighted by atomic mass is 16.2. The molecule has 4 N–H and O–H groups in total. The van der Waals surface area contributed by atoms with E-state index in [1.54, 1.807) is 19.3 Å². The van der Waals surface area contributed by atoms with Crippen molar-refractivity contribution < 1.29 is 14.9 Å². The third-order valence-electron chi connectivity index (χ3n) is 3.63. The number of nitrogens with two attached hydrogens (primary N) is 1. The van der Waals surface area contributed by atoms with Gasteiger partial charge in [0.15, 0.2) is 12.6 Å². The fourth-order valence-corrected chi connectivity index (χ4v) is 2.26. The monoisotopic (exact) mass is 267 g/mol. The van der Waals surface area contributed by atoms with E-state index in [0.717, 1.165) is 32.1 Å². The Labute approximate surface area is 113 Å². The van der Waals surface area contributed by atoms with Crippen molar-refractivity contribution in [3.8, 4) is 6.07 Å². The standard InChI is InChI=1S/C13H22N4O2/c1-10(16-8-11(18)15-2)12(19)17-13(9-14)6-4-3-5-7-13/h10,16H,3-8H2,1-2H3,(H,15,18)(H,17,19)/p+1/t10-/m0/s1. The molecule has 1 atom stereocenters. The van der Waals surface area contributed by atoms with Crippen LogP contribution in [0.25, 0.3) is 0 Å². The zero-order chi connectivity index (χ0) is 14.3. The predicted molar refractivity (Wildman–Crippen MR) is 69.9 cm³/mol. The van der Waals surface area contributed by atoms with Crippen LogP contribution in [0.4, 0.5) is 0 Å². The normalized spacial score (nSPS) is 19.0. The number of nitrogens with one attached hydrogen (secondary N) is 2. The Morgan fingerprint density at radius 2 is 2.00 bits per heavy atom. The molecular weight excluding hydrogens is 244 g/mol. The van der Waals surface area contributed by atoms with Crippen molar-refractivity contribution >= 4 is 11.8 Å². The van der Waals surface area contributed by atoms with Crippen LogP contribution in [0.5, 0.6) is 0 Å². The van der Waals surface area contributed by atoms with E-state index in [4.69, 9.17) is 0 Å². The molecule has 0 bridgehead atoms. The summed E-state index contributed by atoms with van der Waals surface area (Å²) in [6.45, 7) is 1.96. The molecule has 1 aliphatic rings. The number of nitrogens with zero attached hydrogens (tertiary/aromatic N) is 1. The van der Waals surface area contributed by atoms with Gasteiger partial charge in [0.2, 0.25) is 0 Å². The first-order valence-electron chi connectivity index (χ1n) is 6.80. The summed E-state index contributed by atoms with van der Waals surface area (Å²) in [6.07, 6.45) is 4.51. The molecule has 1 rings (SSSR count). The van der Waals surface area contributed by atoms with Crippen molar-refractivity contribution in [3.05, 3.63) is 0 Å². The van der Waals surface area contributed by atoms with Gasteiger partial charge in [-0.3, -0.25) is 9.59 Å². The third kappa shape index (κ3) is 4.52. The van der Waals surface area contributed by atoms with Crippen LogP contribution in [0.15, 0.2) is 0 Å². The molecule has 1 saturated carbocycles. The lowest BCUT2D eigenvalue weighted by Crippen LogP contribution is -2.94. The van der Waals surface area contributed by atoms with Gasteiger partial charge < -0.3 is 16.0 Å². The quantitative estimate of drug-likeness (QED) is 0.597. The number of carbonyl (C=O) groups excluding carboxylic acids is 2. The number of carbonyl (C=O) groups is 2. The van der Waals surface area contributed by atoms with E-state index in [1.807, 2.05) is 0 Å². The van der Waals surface area contributed by atoms with Crippen molar-refractivity contribution in [2.75, 3.05) is 13.6 Å². The minimum atomic E-state index is -0.704. The third-order valence-corrected chi connectivity index (χ3v) is 3.63. The summed E-state index contributed by atoms with van der Waals surface area (Å²) in [5.74, 6) is -0.292. The largest absolute Gasteiger partial charge is 0.354 e. The van der Waals surface area contributed by atoms with E-state index in [1.165, 1.54) is 0 Å². The highest BCUT2D eigenvalue weighted by Gasteiger charge is 2.35. The molecule has 0 unspecified atom stereocenters. The van der Waals surface area contributed by atoms with Crippen molar-refractivity contribution in [1.29, 1.82) is 5.26 Å². The van der Waals surface area contributed by atoms with Crippen LogP contribution in [-0.4, -0.2) is 37.0 Å². The predicted octanol–water partition coefficient (Wildman–Crippen LogP) is -0.973. The zero-order valence-electron chi connectivity index (χ0n) is 11.7. The van der Waals surface area contributed by atoms with E-state index in [2.05, 4.69) is 16.7 Å². The number of amides is 2. The second-order valence-electron chi connectivity index (χ2n) is 5.15. The van der Waals surface area contributed by atoms with Crippen LogP contribution in [-0.2, 0) is 9.59 Å². The molecule has 1 aliphatic carbocycles. The SMILES string of the molecule is CNC(=O)C[NH2+][C@@H](C)C(=O)NC1(C#N)CCCCC1. The lowest BCUT2D eigenvalue weighted by atomic mass is 9.82. The molecular formula is C13H23N4O2+. The maximum Gasteiger partial charge on any atom is 0.279 e. The second-order valence-corrected chi connectivity index (χ2v) is 5.15. The molecule has 106 valence electrons. The maximum absolute atomic E-state index is 12.1. The summed E-state index contributed by atoms with van der Waals surface area (Å²) in [4.78, 5) is 23.2. The Bertz CT molecular complexity index is 369. The van der Waals surface area contributed by atoms with Crippen LogP contribution in [0.1, 0.15) is 39.0 Å². The molecule has 2 amide bonds. The van der Waals surface area contributed by atoms with Gasteiger partial charge in [-0.2, -0.15) is 5.26 Å². The summed E-state index contributed by atoms with van der Waals surface area (Å²) in [5.41, 5.74) is -0.704. The number of likely N-dealkylation sites (N-methyl/N-ethyl adjacent to an activating group) is 1. The first-order valence-corrected chi connectivity index (χ1v) is 6.80. The number of hydrogen-bond acceptors (Lipinski definition) is 3. The van der Waals surface area contributed by atoms with Gasteiger partial charge in [0.25, 0.3) is 11.8 Å².